The van der Waals surface area contributed by atoms with Crippen LogP contribution in [-0.4, -0.2) is 41.8 Å². The van der Waals surface area contributed by atoms with E-state index in [2.05, 4.69) is 11.4 Å². The second-order valence-electron chi connectivity index (χ2n) is 5.52. The van der Waals surface area contributed by atoms with Crippen LogP contribution in [0.5, 0.6) is 0 Å². The summed E-state index contributed by atoms with van der Waals surface area (Å²) in [7, 11) is 0. The van der Waals surface area contributed by atoms with Gasteiger partial charge in [-0.15, -0.1) is 0 Å². The smallest absolute Gasteiger partial charge is 0.317 e. The van der Waals surface area contributed by atoms with E-state index in [1.54, 1.807) is 4.90 Å². The number of amides is 2. The van der Waals surface area contributed by atoms with Crippen molar-refractivity contribution in [1.82, 2.24) is 10.2 Å². The van der Waals surface area contributed by atoms with Crippen LogP contribution in [0.2, 0.25) is 0 Å². The largest absolute Gasteiger partial charge is 0.391 e. The minimum atomic E-state index is -0.373. The maximum absolute atomic E-state index is 11.9. The summed E-state index contributed by atoms with van der Waals surface area (Å²) in [6.07, 6.45) is 7.42. The zero-order chi connectivity index (χ0) is 13.0. The van der Waals surface area contributed by atoms with Gasteiger partial charge in [0.05, 0.1) is 6.10 Å². The molecule has 2 rings (SSSR count). The van der Waals surface area contributed by atoms with Crippen molar-refractivity contribution >= 4 is 6.03 Å². The maximum atomic E-state index is 11.9. The molecule has 2 atom stereocenters. The highest BCUT2D eigenvalue weighted by molar-refractivity contribution is 5.74. The number of aliphatic hydroxyl groups excluding tert-OH is 1. The van der Waals surface area contributed by atoms with Crippen LogP contribution in [0.25, 0.3) is 0 Å². The summed E-state index contributed by atoms with van der Waals surface area (Å²) < 4.78 is 0. The van der Waals surface area contributed by atoms with E-state index in [1.807, 2.05) is 6.92 Å². The van der Waals surface area contributed by atoms with E-state index >= 15 is 0 Å². The van der Waals surface area contributed by atoms with Crippen LogP contribution in [0.1, 0.15) is 39.0 Å². The quantitative estimate of drug-likeness (QED) is 0.754. The minimum Gasteiger partial charge on any atom is -0.391 e. The van der Waals surface area contributed by atoms with Crippen LogP contribution < -0.4 is 5.32 Å². The Kier molecular flexibility index (Phi) is 4.64. The summed E-state index contributed by atoms with van der Waals surface area (Å²) in [6.45, 7) is 3.97. The van der Waals surface area contributed by atoms with Crippen molar-refractivity contribution in [2.45, 2.75) is 45.1 Å². The summed E-state index contributed by atoms with van der Waals surface area (Å²) in [5.41, 5.74) is 1.47. The molecule has 0 aromatic carbocycles. The molecule has 1 fully saturated rings. The van der Waals surface area contributed by atoms with Gasteiger partial charge >= 0.3 is 6.03 Å². The van der Waals surface area contributed by atoms with Gasteiger partial charge in [-0.25, -0.2) is 4.79 Å². The van der Waals surface area contributed by atoms with Crippen molar-refractivity contribution in [3.05, 3.63) is 11.6 Å². The molecule has 2 N–H and O–H groups in total. The average Bonchev–Trinajstić information content (AvgIpc) is 2.85. The lowest BCUT2D eigenvalue weighted by Gasteiger charge is -2.34. The molecule has 2 amide bonds. The molecule has 1 aliphatic heterocycles. The second kappa shape index (κ2) is 6.23. The topological polar surface area (TPSA) is 52.6 Å². The Morgan fingerprint density at radius 3 is 3.11 bits per heavy atom. The predicted octanol–water partition coefficient (Wildman–Crippen LogP) is 1.90. The zero-order valence-corrected chi connectivity index (χ0v) is 11.2. The van der Waals surface area contributed by atoms with Gasteiger partial charge in [-0.2, -0.15) is 0 Å². The summed E-state index contributed by atoms with van der Waals surface area (Å²) >= 11 is 0. The first-order valence-electron chi connectivity index (χ1n) is 7.05. The maximum Gasteiger partial charge on any atom is 0.317 e. The van der Waals surface area contributed by atoms with Gasteiger partial charge < -0.3 is 15.3 Å². The van der Waals surface area contributed by atoms with Crippen molar-refractivity contribution in [3.8, 4) is 0 Å². The number of urea groups is 1. The highest BCUT2D eigenvalue weighted by Gasteiger charge is 2.26. The third-order valence-corrected chi connectivity index (χ3v) is 4.06. The van der Waals surface area contributed by atoms with Gasteiger partial charge in [-0.3, -0.25) is 0 Å². The summed E-state index contributed by atoms with van der Waals surface area (Å²) in [4.78, 5) is 13.6. The minimum absolute atomic E-state index is 0.0282. The molecule has 0 saturated carbocycles. The van der Waals surface area contributed by atoms with E-state index in [9.17, 15) is 9.90 Å². The normalized spacial score (nSPS) is 28.1. The number of nitrogens with zero attached hydrogens (tertiary/aromatic N) is 1. The number of likely N-dealkylation sites (tertiary alicyclic amines) is 1. The third kappa shape index (κ3) is 3.48. The zero-order valence-electron chi connectivity index (χ0n) is 11.2. The van der Waals surface area contributed by atoms with E-state index < -0.39 is 0 Å². The molecule has 4 nitrogen and oxygen atoms in total. The Hall–Kier alpha value is -1.03. The number of hydrogen-bond acceptors (Lipinski definition) is 2. The number of carbonyl (C=O) groups excluding carboxylic acids is 1. The molecule has 1 heterocycles. The molecule has 2 aliphatic rings. The number of β-amino-alcohol motifs (C(OH)–C–C–N with tert-alkyl or cyclic N) is 1. The Balaban J connectivity index is 1.68. The summed E-state index contributed by atoms with van der Waals surface area (Å²) in [5.74, 6) is 0.303. The van der Waals surface area contributed by atoms with Crippen LogP contribution in [0, 0.1) is 5.92 Å². The van der Waals surface area contributed by atoms with Gasteiger partial charge in [0.25, 0.3) is 0 Å². The number of aliphatic hydroxyl groups is 1. The lowest BCUT2D eigenvalue weighted by molar-refractivity contribution is 0.0436. The van der Waals surface area contributed by atoms with E-state index in [0.29, 0.717) is 19.0 Å². The number of nitrogens with one attached hydrogen (secondary N) is 1. The van der Waals surface area contributed by atoms with E-state index in [4.69, 9.17) is 0 Å². The van der Waals surface area contributed by atoms with E-state index in [1.165, 1.54) is 24.8 Å². The molecular weight excluding hydrogens is 228 g/mol. The molecule has 1 saturated heterocycles. The van der Waals surface area contributed by atoms with Gasteiger partial charge in [-0.05, 0) is 38.0 Å². The predicted molar refractivity (Wildman–Crippen MR) is 71.3 cm³/mol. The highest BCUT2D eigenvalue weighted by Crippen LogP contribution is 2.20. The van der Waals surface area contributed by atoms with Crippen molar-refractivity contribution in [2.24, 2.45) is 5.92 Å². The van der Waals surface area contributed by atoms with Gasteiger partial charge in [0.1, 0.15) is 0 Å². The molecule has 0 bridgehead atoms. The van der Waals surface area contributed by atoms with E-state index in [-0.39, 0.29) is 12.1 Å². The molecule has 0 radical (unpaired) electrons. The van der Waals surface area contributed by atoms with Crippen molar-refractivity contribution in [2.75, 3.05) is 19.6 Å². The number of hydrogen-bond donors (Lipinski definition) is 2. The van der Waals surface area contributed by atoms with Crippen molar-refractivity contribution in [3.63, 3.8) is 0 Å². The van der Waals surface area contributed by atoms with Crippen LogP contribution in [0.3, 0.4) is 0 Å². The van der Waals surface area contributed by atoms with Crippen molar-refractivity contribution < 1.29 is 9.90 Å². The van der Waals surface area contributed by atoms with Gasteiger partial charge in [0, 0.05) is 19.6 Å². The monoisotopic (exact) mass is 252 g/mol. The fourth-order valence-electron chi connectivity index (χ4n) is 2.64. The molecule has 0 aromatic heterocycles. The molecule has 18 heavy (non-hydrogen) atoms. The van der Waals surface area contributed by atoms with Gasteiger partial charge in [0.15, 0.2) is 0 Å². The molecular formula is C14H24N2O2. The Morgan fingerprint density at radius 1 is 1.61 bits per heavy atom. The first kappa shape index (κ1) is 13.4. The van der Waals surface area contributed by atoms with E-state index in [0.717, 1.165) is 19.4 Å². The molecule has 1 aliphatic carbocycles. The molecule has 0 aromatic rings. The molecule has 0 spiro atoms. The van der Waals surface area contributed by atoms with Crippen LogP contribution in [0.15, 0.2) is 11.6 Å². The highest BCUT2D eigenvalue weighted by atomic mass is 16.3. The summed E-state index contributed by atoms with van der Waals surface area (Å²) in [5, 5.41) is 12.7. The third-order valence-electron chi connectivity index (χ3n) is 4.06. The number of rotatable bonds is 3. The Labute approximate surface area is 109 Å². The van der Waals surface area contributed by atoms with Crippen LogP contribution in [-0.2, 0) is 0 Å². The first-order chi connectivity index (χ1) is 8.66. The molecule has 2 unspecified atom stereocenters. The van der Waals surface area contributed by atoms with Crippen molar-refractivity contribution in [1.29, 1.82) is 0 Å². The second-order valence-corrected chi connectivity index (χ2v) is 5.52. The lowest BCUT2D eigenvalue weighted by Crippen LogP contribution is -2.49. The first-order valence-corrected chi connectivity index (χ1v) is 7.05. The lowest BCUT2D eigenvalue weighted by atomic mass is 9.96. The molecule has 102 valence electrons. The van der Waals surface area contributed by atoms with Crippen LogP contribution in [0.4, 0.5) is 4.79 Å². The average molecular weight is 252 g/mol. The standard InChI is InChI=1S/C14H24N2O2/c1-11-7-9-16(10-13(11)17)14(18)15-8-6-12-4-2-3-5-12/h4,11,13,17H,2-3,5-10H2,1H3,(H,15,18). The van der Waals surface area contributed by atoms with Gasteiger partial charge in [-0.1, -0.05) is 18.6 Å². The number of carbonyl (C=O) groups is 1. The Morgan fingerprint density at radius 2 is 2.44 bits per heavy atom. The number of piperidine rings is 1. The Bertz CT molecular complexity index is 328. The number of allylic oxidation sites excluding steroid dienone is 1. The fraction of sp³-hybridized carbons (Fsp3) is 0.786. The summed E-state index contributed by atoms with van der Waals surface area (Å²) in [6, 6.07) is -0.0282. The molecule has 4 heteroatoms. The van der Waals surface area contributed by atoms with Crippen LogP contribution >= 0.6 is 0 Å². The SMILES string of the molecule is CC1CCN(C(=O)NCCC2=CCCC2)CC1O. The fourth-order valence-corrected chi connectivity index (χ4v) is 2.64. The van der Waals surface area contributed by atoms with Gasteiger partial charge in [0.2, 0.25) is 0 Å².